The van der Waals surface area contributed by atoms with Gasteiger partial charge in [0, 0.05) is 6.54 Å². The van der Waals surface area contributed by atoms with Gasteiger partial charge >= 0.3 is 7.60 Å². The molecule has 0 radical (unpaired) electrons. The summed E-state index contributed by atoms with van der Waals surface area (Å²) in [4.78, 5) is 31.7. The van der Waals surface area contributed by atoms with Crippen LogP contribution in [0.1, 0.15) is 65.4 Å². The third kappa shape index (κ3) is 12.5. The third-order valence-corrected chi connectivity index (χ3v) is 6.33. The van der Waals surface area contributed by atoms with Crippen LogP contribution in [0.4, 0.5) is 0 Å². The van der Waals surface area contributed by atoms with Crippen molar-refractivity contribution >= 4 is 13.5 Å². The third-order valence-electron chi connectivity index (χ3n) is 5.08. The van der Waals surface area contributed by atoms with E-state index >= 15 is 0 Å². The van der Waals surface area contributed by atoms with Gasteiger partial charge in [0.15, 0.2) is 0 Å². The Bertz CT molecular complexity index is 817. The molecule has 1 aromatic rings. The van der Waals surface area contributed by atoms with Gasteiger partial charge in [-0.1, -0.05) is 65.3 Å². The van der Waals surface area contributed by atoms with Crippen molar-refractivity contribution in [3.63, 3.8) is 0 Å². The van der Waals surface area contributed by atoms with Crippen LogP contribution in [-0.2, 0) is 15.8 Å². The summed E-state index contributed by atoms with van der Waals surface area (Å²) in [5.74, 6) is -0.594. The van der Waals surface area contributed by atoms with Crippen molar-refractivity contribution in [2.75, 3.05) is 6.54 Å². The first-order valence-corrected chi connectivity index (χ1v) is 12.6. The molecule has 5 nitrogen and oxygen atoms in total. The highest BCUT2D eigenvalue weighted by Crippen LogP contribution is 2.43. The van der Waals surface area contributed by atoms with Crippen molar-refractivity contribution in [3.8, 4) is 0 Å². The average Bonchev–Trinajstić information content (AvgIpc) is 2.67. The van der Waals surface area contributed by atoms with Crippen LogP contribution in [0.15, 0.2) is 65.3 Å². The molecule has 3 N–H and O–H groups in total. The van der Waals surface area contributed by atoms with Gasteiger partial charge in [0.1, 0.15) is 5.66 Å². The van der Waals surface area contributed by atoms with Crippen molar-refractivity contribution in [1.82, 2.24) is 5.32 Å². The molecule has 1 aromatic carbocycles. The summed E-state index contributed by atoms with van der Waals surface area (Å²) in [5, 5.41) is 2.67. The Morgan fingerprint density at radius 3 is 2.13 bits per heavy atom. The second-order valence-corrected chi connectivity index (χ2v) is 10.1. The van der Waals surface area contributed by atoms with Crippen LogP contribution in [0.25, 0.3) is 0 Å². The fraction of sp³-hybridized carbons (Fsp3) is 0.480. The molecule has 0 aliphatic carbocycles. The molecule has 0 saturated heterocycles. The highest BCUT2D eigenvalue weighted by molar-refractivity contribution is 7.53. The minimum atomic E-state index is -4.54. The summed E-state index contributed by atoms with van der Waals surface area (Å²) in [5.41, 5.74) is 3.42. The zero-order valence-electron chi connectivity index (χ0n) is 19.3. The molecular formula is C25H38NO4P. The normalized spacial score (nSPS) is 13.6. The molecule has 0 bridgehead atoms. The molecule has 0 fully saturated rings. The predicted octanol–water partition coefficient (Wildman–Crippen LogP) is 5.70. The Morgan fingerprint density at radius 1 is 0.968 bits per heavy atom. The van der Waals surface area contributed by atoms with Crippen molar-refractivity contribution in [1.29, 1.82) is 0 Å². The van der Waals surface area contributed by atoms with Gasteiger partial charge in [-0.3, -0.25) is 9.36 Å². The van der Waals surface area contributed by atoms with E-state index in [0.29, 0.717) is 13.0 Å². The lowest BCUT2D eigenvalue weighted by Crippen LogP contribution is -2.35. The molecule has 0 aromatic heterocycles. The van der Waals surface area contributed by atoms with Crippen LogP contribution in [0, 0.1) is 0 Å². The summed E-state index contributed by atoms with van der Waals surface area (Å²) >= 11 is 0. The zero-order valence-corrected chi connectivity index (χ0v) is 20.2. The van der Waals surface area contributed by atoms with Gasteiger partial charge < -0.3 is 15.1 Å². The van der Waals surface area contributed by atoms with E-state index in [2.05, 4.69) is 38.2 Å². The van der Waals surface area contributed by atoms with Crippen LogP contribution < -0.4 is 5.32 Å². The number of carbonyl (C=O) groups is 1. The monoisotopic (exact) mass is 447 g/mol. The van der Waals surface area contributed by atoms with Gasteiger partial charge in [-0.05, 0) is 71.8 Å². The maximum atomic E-state index is 12.4. The number of hydrogen-bond donors (Lipinski definition) is 3. The molecule has 172 valence electrons. The number of carbonyl (C=O) groups excluding carboxylic acids is 1. The highest BCUT2D eigenvalue weighted by Gasteiger charge is 2.34. The Morgan fingerprint density at radius 2 is 1.55 bits per heavy atom. The minimum absolute atomic E-state index is 0.0382. The SMILES string of the molecule is CC(C)=CCCC(C)=CCCC(C)=CCC(C(=O)NCCc1ccccc1)P(=O)(O)O. The maximum absolute atomic E-state index is 12.4. The van der Waals surface area contributed by atoms with Gasteiger partial charge in [-0.25, -0.2) is 0 Å². The van der Waals surface area contributed by atoms with Crippen molar-refractivity contribution in [3.05, 3.63) is 70.8 Å². The molecule has 31 heavy (non-hydrogen) atoms. The van der Waals surface area contributed by atoms with Crippen LogP contribution >= 0.6 is 7.60 Å². The summed E-state index contributed by atoms with van der Waals surface area (Å²) in [7, 11) is -4.54. The van der Waals surface area contributed by atoms with E-state index in [1.807, 2.05) is 37.3 Å². The Balaban J connectivity index is 2.52. The van der Waals surface area contributed by atoms with Gasteiger partial charge in [-0.2, -0.15) is 0 Å². The summed E-state index contributed by atoms with van der Waals surface area (Å²) in [6, 6.07) is 9.67. The van der Waals surface area contributed by atoms with E-state index in [-0.39, 0.29) is 6.42 Å². The minimum Gasteiger partial charge on any atom is -0.355 e. The first-order valence-electron chi connectivity index (χ1n) is 10.9. The van der Waals surface area contributed by atoms with Gasteiger partial charge in [-0.15, -0.1) is 0 Å². The predicted molar refractivity (Wildman–Crippen MR) is 129 cm³/mol. The molecule has 0 aliphatic rings. The molecule has 1 rings (SSSR count). The van der Waals surface area contributed by atoms with E-state index in [4.69, 9.17) is 0 Å². The van der Waals surface area contributed by atoms with Crippen molar-refractivity contribution in [2.24, 2.45) is 0 Å². The van der Waals surface area contributed by atoms with Crippen LogP contribution in [0.3, 0.4) is 0 Å². The quantitative estimate of drug-likeness (QED) is 0.267. The second-order valence-electron chi connectivity index (χ2n) is 8.33. The fourth-order valence-electron chi connectivity index (χ4n) is 3.14. The Labute approximate surface area is 187 Å². The highest BCUT2D eigenvalue weighted by atomic mass is 31.2. The van der Waals surface area contributed by atoms with E-state index in [1.54, 1.807) is 6.08 Å². The molecule has 1 amide bonds. The van der Waals surface area contributed by atoms with Crippen LogP contribution in [0.5, 0.6) is 0 Å². The van der Waals surface area contributed by atoms with E-state index < -0.39 is 19.2 Å². The van der Waals surface area contributed by atoms with Crippen LogP contribution in [0.2, 0.25) is 0 Å². The summed E-state index contributed by atoms with van der Waals surface area (Å²) in [6.45, 7) is 8.61. The zero-order chi connectivity index (χ0) is 23.3. The Hall–Kier alpha value is -1.94. The van der Waals surface area contributed by atoms with Crippen LogP contribution in [-0.4, -0.2) is 27.9 Å². The lowest BCUT2D eigenvalue weighted by molar-refractivity contribution is -0.120. The largest absolute Gasteiger partial charge is 0.355 e. The summed E-state index contributed by atoms with van der Waals surface area (Å²) < 4.78 is 11.9. The number of allylic oxidation sites excluding steroid dienone is 6. The smallest absolute Gasteiger partial charge is 0.338 e. The Kier molecular flexibility index (Phi) is 12.4. The van der Waals surface area contributed by atoms with E-state index in [9.17, 15) is 19.1 Å². The second kappa shape index (κ2) is 14.2. The lowest BCUT2D eigenvalue weighted by Gasteiger charge is -2.17. The first-order chi connectivity index (χ1) is 14.6. The molecule has 0 aliphatic heterocycles. The van der Waals surface area contributed by atoms with Gasteiger partial charge in [0.2, 0.25) is 5.91 Å². The van der Waals surface area contributed by atoms with Crippen molar-refractivity contribution in [2.45, 2.75) is 71.9 Å². The maximum Gasteiger partial charge on any atom is 0.338 e. The van der Waals surface area contributed by atoms with Gasteiger partial charge in [0.25, 0.3) is 0 Å². The molecular weight excluding hydrogens is 409 g/mol. The average molecular weight is 448 g/mol. The first kappa shape index (κ1) is 27.1. The molecule has 6 heteroatoms. The number of nitrogens with one attached hydrogen (secondary N) is 1. The molecule has 0 spiro atoms. The number of benzene rings is 1. The fourth-order valence-corrected chi connectivity index (χ4v) is 3.92. The number of rotatable bonds is 13. The molecule has 1 unspecified atom stereocenters. The molecule has 1 atom stereocenters. The van der Waals surface area contributed by atoms with Crippen molar-refractivity contribution < 1.29 is 19.1 Å². The topological polar surface area (TPSA) is 86.6 Å². The molecule has 0 heterocycles. The lowest BCUT2D eigenvalue weighted by atomic mass is 10.1. The summed E-state index contributed by atoms with van der Waals surface area (Å²) in [6.07, 6.45) is 10.7. The van der Waals surface area contributed by atoms with Gasteiger partial charge in [0.05, 0.1) is 0 Å². The number of amides is 1. The number of hydrogen-bond acceptors (Lipinski definition) is 2. The molecule has 0 saturated carbocycles. The van der Waals surface area contributed by atoms with E-state index in [0.717, 1.165) is 36.8 Å². The van der Waals surface area contributed by atoms with E-state index in [1.165, 1.54) is 11.1 Å². The standard InChI is InChI=1S/C25H38NO4P/c1-20(2)10-8-11-21(3)12-9-13-22(4)16-17-24(31(28,29)30)25(27)26-19-18-23-14-6-5-7-15-23/h5-7,10,12,14-16,24H,8-9,11,13,17-19H2,1-4H3,(H,26,27)(H2,28,29,30).